The first-order valence-corrected chi connectivity index (χ1v) is 10.6. The van der Waals surface area contributed by atoms with Crippen LogP contribution in [-0.2, 0) is 19.1 Å². The van der Waals surface area contributed by atoms with E-state index in [0.29, 0.717) is 37.2 Å². The van der Waals surface area contributed by atoms with Crippen molar-refractivity contribution in [1.29, 1.82) is 0 Å². The van der Waals surface area contributed by atoms with Crippen LogP contribution in [0.15, 0.2) is 11.6 Å². The van der Waals surface area contributed by atoms with Gasteiger partial charge in [-0.1, -0.05) is 13.8 Å². The Morgan fingerprint density at radius 2 is 1.79 bits per heavy atom. The van der Waals surface area contributed by atoms with Crippen molar-refractivity contribution in [3.8, 4) is 0 Å². The van der Waals surface area contributed by atoms with Crippen LogP contribution in [-0.4, -0.2) is 29.3 Å². The Morgan fingerprint density at radius 1 is 1.11 bits per heavy atom. The summed E-state index contributed by atoms with van der Waals surface area (Å²) in [6, 6.07) is 0. The van der Waals surface area contributed by atoms with E-state index < -0.39 is 23.2 Å². The van der Waals surface area contributed by atoms with Gasteiger partial charge in [-0.15, -0.1) is 0 Å². The highest BCUT2D eigenvalue weighted by Crippen LogP contribution is 2.68. The summed E-state index contributed by atoms with van der Waals surface area (Å²) in [6.45, 7) is 7.10. The second-order valence-electron chi connectivity index (χ2n) is 10.0. The van der Waals surface area contributed by atoms with E-state index in [-0.39, 0.29) is 28.8 Å². The minimum absolute atomic E-state index is 0.0422. The summed E-state index contributed by atoms with van der Waals surface area (Å²) >= 11 is 0. The smallest absolute Gasteiger partial charge is 0.303 e. The summed E-state index contributed by atoms with van der Waals surface area (Å²) in [5.41, 5.74) is -1.11. The Hall–Kier alpha value is -1.52. The van der Waals surface area contributed by atoms with Gasteiger partial charge in [0, 0.05) is 18.8 Å². The van der Waals surface area contributed by atoms with E-state index in [1.807, 2.05) is 0 Å². The summed E-state index contributed by atoms with van der Waals surface area (Å²) in [5, 5.41) is 0. The lowest BCUT2D eigenvalue weighted by Gasteiger charge is -2.59. The van der Waals surface area contributed by atoms with Crippen molar-refractivity contribution in [2.75, 3.05) is 0 Å². The molecule has 4 rings (SSSR count). The fraction of sp³-hybridized carbons (Fsp3) is 0.783. The van der Waals surface area contributed by atoms with Crippen LogP contribution >= 0.6 is 0 Å². The molecule has 5 heteroatoms. The van der Waals surface area contributed by atoms with Gasteiger partial charge in [-0.05, 0) is 80.3 Å². The van der Waals surface area contributed by atoms with Gasteiger partial charge in [0.1, 0.15) is 6.17 Å². The minimum atomic E-state index is -1.10. The third kappa shape index (κ3) is 2.43. The maximum absolute atomic E-state index is 15.3. The first kappa shape index (κ1) is 19.8. The monoisotopic (exact) mass is 390 g/mol. The lowest BCUT2D eigenvalue weighted by molar-refractivity contribution is -0.188. The molecule has 0 aromatic heterocycles. The Bertz CT molecular complexity index is 773. The van der Waals surface area contributed by atoms with Crippen LogP contribution in [0.1, 0.15) is 72.6 Å². The standard InChI is InChI=1S/C23H31FO4/c1-13(25)23(28-14(2)26)10-7-18-16-12-20(24)19-11-15(27)5-8-21(19,3)17(16)6-9-22(18,23)4/h11,16-18,20H,5-10,12H2,1-4H3/t16?,17?,18?,20-,21?,22?,23-/m0/s1. The zero-order chi connectivity index (χ0) is 20.5. The number of fused-ring (bicyclic) bond motifs is 5. The van der Waals surface area contributed by atoms with Crippen LogP contribution in [0.5, 0.6) is 0 Å². The number of ether oxygens (including phenoxy) is 1. The molecule has 0 saturated heterocycles. The third-order valence-corrected chi connectivity index (χ3v) is 8.94. The zero-order valence-electron chi connectivity index (χ0n) is 17.3. The highest BCUT2D eigenvalue weighted by Gasteiger charge is 2.68. The van der Waals surface area contributed by atoms with E-state index in [1.54, 1.807) is 6.08 Å². The Kier molecular flexibility index (Phi) is 4.41. The quantitative estimate of drug-likeness (QED) is 0.658. The third-order valence-electron chi connectivity index (χ3n) is 8.94. The Balaban J connectivity index is 1.73. The number of rotatable bonds is 2. The number of hydrogen-bond donors (Lipinski definition) is 0. The number of hydrogen-bond acceptors (Lipinski definition) is 4. The first-order chi connectivity index (χ1) is 13.0. The van der Waals surface area contributed by atoms with Crippen LogP contribution in [0.3, 0.4) is 0 Å². The molecular formula is C23H31FO4. The SMILES string of the molecule is CC(=O)O[C@]1(C(C)=O)CCC2C3C[C@H](F)C4=CC(=O)CCC4(C)C3CCC21C. The molecule has 7 atom stereocenters. The number of carbonyl (C=O) groups is 3. The number of alkyl halides is 1. The predicted molar refractivity (Wildman–Crippen MR) is 102 cm³/mol. The van der Waals surface area contributed by atoms with Gasteiger partial charge in [-0.2, -0.15) is 0 Å². The van der Waals surface area contributed by atoms with Crippen molar-refractivity contribution in [3.63, 3.8) is 0 Å². The van der Waals surface area contributed by atoms with Gasteiger partial charge < -0.3 is 4.74 Å². The maximum Gasteiger partial charge on any atom is 0.303 e. The number of esters is 1. The largest absolute Gasteiger partial charge is 0.451 e. The Morgan fingerprint density at radius 3 is 2.43 bits per heavy atom. The molecule has 5 unspecified atom stereocenters. The summed E-state index contributed by atoms with van der Waals surface area (Å²) in [4.78, 5) is 36.5. The fourth-order valence-corrected chi connectivity index (χ4v) is 7.62. The molecule has 0 bridgehead atoms. The van der Waals surface area contributed by atoms with Crippen molar-refractivity contribution in [2.24, 2.45) is 28.6 Å². The summed E-state index contributed by atoms with van der Waals surface area (Å²) in [7, 11) is 0. The topological polar surface area (TPSA) is 60.4 Å². The van der Waals surface area contributed by atoms with E-state index in [1.165, 1.54) is 13.8 Å². The van der Waals surface area contributed by atoms with Crippen molar-refractivity contribution < 1.29 is 23.5 Å². The molecule has 0 spiro atoms. The number of halogens is 1. The lowest BCUT2D eigenvalue weighted by atomic mass is 9.46. The van der Waals surface area contributed by atoms with Gasteiger partial charge in [-0.3, -0.25) is 14.4 Å². The van der Waals surface area contributed by atoms with Crippen molar-refractivity contribution in [1.82, 2.24) is 0 Å². The minimum Gasteiger partial charge on any atom is -0.451 e. The van der Waals surface area contributed by atoms with Crippen molar-refractivity contribution >= 4 is 17.5 Å². The normalized spacial score (nSPS) is 47.5. The molecule has 28 heavy (non-hydrogen) atoms. The number of Topliss-reactive ketones (excluding diaryl/α,β-unsaturated/α-hetero) is 1. The van der Waals surface area contributed by atoms with Crippen LogP contribution in [0.4, 0.5) is 4.39 Å². The molecule has 4 aliphatic rings. The van der Waals surface area contributed by atoms with Crippen LogP contribution in [0.25, 0.3) is 0 Å². The fourth-order valence-electron chi connectivity index (χ4n) is 7.62. The molecule has 4 aliphatic carbocycles. The molecule has 0 aromatic rings. The number of ketones is 2. The van der Waals surface area contributed by atoms with Gasteiger partial charge in [0.05, 0.1) is 0 Å². The molecule has 4 nitrogen and oxygen atoms in total. The van der Waals surface area contributed by atoms with E-state index in [4.69, 9.17) is 4.74 Å². The van der Waals surface area contributed by atoms with Crippen LogP contribution in [0.2, 0.25) is 0 Å². The van der Waals surface area contributed by atoms with Gasteiger partial charge >= 0.3 is 5.97 Å². The average molecular weight is 390 g/mol. The molecule has 0 radical (unpaired) electrons. The average Bonchev–Trinajstić information content (AvgIpc) is 2.90. The second kappa shape index (κ2) is 6.24. The molecule has 0 amide bonds. The second-order valence-corrected chi connectivity index (χ2v) is 10.0. The molecule has 0 aliphatic heterocycles. The Labute approximate surface area is 166 Å². The van der Waals surface area contributed by atoms with Crippen LogP contribution in [0, 0.1) is 28.6 Å². The van der Waals surface area contributed by atoms with E-state index in [9.17, 15) is 14.4 Å². The van der Waals surface area contributed by atoms with Gasteiger partial charge in [0.25, 0.3) is 0 Å². The summed E-state index contributed by atoms with van der Waals surface area (Å²) in [5.74, 6) is 0.158. The lowest BCUT2D eigenvalue weighted by Crippen LogP contribution is -2.59. The highest BCUT2D eigenvalue weighted by atomic mass is 19.1. The van der Waals surface area contributed by atoms with Gasteiger partial charge in [0.2, 0.25) is 0 Å². The van der Waals surface area contributed by atoms with Gasteiger partial charge in [0.15, 0.2) is 17.2 Å². The van der Waals surface area contributed by atoms with Crippen molar-refractivity contribution in [2.45, 2.75) is 84.4 Å². The van der Waals surface area contributed by atoms with E-state index in [2.05, 4.69) is 13.8 Å². The first-order valence-electron chi connectivity index (χ1n) is 10.6. The zero-order valence-corrected chi connectivity index (χ0v) is 17.3. The molecular weight excluding hydrogens is 359 g/mol. The van der Waals surface area contributed by atoms with Crippen molar-refractivity contribution in [3.05, 3.63) is 11.6 Å². The predicted octanol–water partition coefficient (Wildman–Crippen LogP) is 4.36. The van der Waals surface area contributed by atoms with Gasteiger partial charge in [-0.25, -0.2) is 4.39 Å². The molecule has 0 heterocycles. The molecule has 3 fully saturated rings. The number of allylic oxidation sites excluding steroid dienone is 1. The molecule has 154 valence electrons. The summed E-state index contributed by atoms with van der Waals surface area (Å²) < 4.78 is 21.0. The van der Waals surface area contributed by atoms with Crippen LogP contribution < -0.4 is 0 Å². The molecule has 0 aromatic carbocycles. The maximum atomic E-state index is 15.3. The molecule has 0 N–H and O–H groups in total. The number of carbonyl (C=O) groups excluding carboxylic acids is 3. The van der Waals surface area contributed by atoms with E-state index >= 15 is 4.39 Å². The highest BCUT2D eigenvalue weighted by molar-refractivity contribution is 5.92. The summed E-state index contributed by atoms with van der Waals surface area (Å²) in [6.07, 6.45) is 5.07. The molecule has 3 saturated carbocycles. The van der Waals surface area contributed by atoms with E-state index in [0.717, 1.165) is 19.3 Å².